The lowest BCUT2D eigenvalue weighted by molar-refractivity contribution is 0.125. The molecule has 1 aliphatic rings. The summed E-state index contributed by atoms with van der Waals surface area (Å²) in [6.07, 6.45) is 0. The Balaban J connectivity index is 1.15. The van der Waals surface area contributed by atoms with Crippen molar-refractivity contribution in [2.45, 2.75) is 52.4 Å². The second-order valence-electron chi connectivity index (χ2n) is 18.6. The Morgan fingerprint density at radius 3 is 1.42 bits per heavy atom. The maximum absolute atomic E-state index is 2.57. The van der Waals surface area contributed by atoms with Gasteiger partial charge in [-0.05, 0) is 127 Å². The van der Waals surface area contributed by atoms with Crippen molar-refractivity contribution in [3.8, 4) is 39.1 Å². The summed E-state index contributed by atoms with van der Waals surface area (Å²) in [6, 6.07) is 63.8. The van der Waals surface area contributed by atoms with Gasteiger partial charge in [-0.15, -0.1) is 0 Å². The number of rotatable bonds is 4. The zero-order valence-electron chi connectivity index (χ0n) is 34.6. The molecule has 11 aromatic rings. The van der Waals surface area contributed by atoms with Crippen molar-refractivity contribution in [1.29, 1.82) is 0 Å². The molecule has 1 aliphatic carbocycles. The summed E-state index contributed by atoms with van der Waals surface area (Å²) in [4.78, 5) is 0. The van der Waals surface area contributed by atoms with Crippen LogP contribution in [0, 0.1) is 5.41 Å². The van der Waals surface area contributed by atoms with Gasteiger partial charge in [0.15, 0.2) is 0 Å². The Hall–Kier alpha value is -6.64. The molecule has 0 saturated carbocycles. The van der Waals surface area contributed by atoms with Gasteiger partial charge < -0.3 is 8.97 Å². The molecule has 0 spiro atoms. The highest BCUT2D eigenvalue weighted by atomic mass is 15.0. The van der Waals surface area contributed by atoms with Gasteiger partial charge in [-0.25, -0.2) is 0 Å². The van der Waals surface area contributed by atoms with E-state index < -0.39 is 0 Å². The van der Waals surface area contributed by atoms with Gasteiger partial charge in [0.05, 0.1) is 27.6 Å². The van der Waals surface area contributed by atoms with Crippen molar-refractivity contribution in [2.24, 2.45) is 5.41 Å². The quantitative estimate of drug-likeness (QED) is 0.169. The molecule has 0 radical (unpaired) electrons. The minimum atomic E-state index is -0.0324. The number of hydrogen-bond acceptors (Lipinski definition) is 0. The second kappa shape index (κ2) is 11.7. The highest BCUT2D eigenvalue weighted by Gasteiger charge is 2.57. The molecule has 2 nitrogen and oxygen atoms in total. The van der Waals surface area contributed by atoms with Crippen LogP contribution in [0.2, 0.25) is 0 Å². The Morgan fingerprint density at radius 2 is 0.797 bits per heavy atom. The van der Waals surface area contributed by atoms with Gasteiger partial charge in [0, 0.05) is 38.0 Å². The lowest BCUT2D eigenvalue weighted by Crippen LogP contribution is -2.42. The average molecular weight is 759 g/mol. The third-order valence-electron chi connectivity index (χ3n) is 15.4. The molecule has 0 aliphatic heterocycles. The van der Waals surface area contributed by atoms with Gasteiger partial charge in [0.1, 0.15) is 0 Å². The van der Waals surface area contributed by atoms with Crippen molar-refractivity contribution in [1.82, 2.24) is 8.97 Å². The van der Waals surface area contributed by atoms with Crippen LogP contribution >= 0.6 is 0 Å². The first-order valence-electron chi connectivity index (χ1n) is 21.1. The summed E-state index contributed by atoms with van der Waals surface area (Å²) in [6.45, 7) is 14.8. The maximum atomic E-state index is 2.57. The highest BCUT2D eigenvalue weighted by Crippen LogP contribution is 2.63. The fourth-order valence-electron chi connectivity index (χ4n) is 11.0. The lowest BCUT2D eigenvalue weighted by Gasteiger charge is -2.44. The van der Waals surface area contributed by atoms with Crippen molar-refractivity contribution < 1.29 is 0 Å². The van der Waals surface area contributed by atoms with Crippen LogP contribution < -0.4 is 0 Å². The predicted molar refractivity (Wildman–Crippen MR) is 252 cm³/mol. The van der Waals surface area contributed by atoms with Crippen LogP contribution in [0.5, 0.6) is 0 Å². The SMILES string of the molecule is CC1(C)c2cc(-c3ccc4c(c3)c3cc(-c5ccccc5)ccc3n4-c3ccccc3)c(-c3ccc4c(c3)c3cccc5c6ccccc6n4c53)cc2C(C)(C)C1(C)C. The van der Waals surface area contributed by atoms with Gasteiger partial charge >= 0.3 is 0 Å². The number of hydrogen-bond donors (Lipinski definition) is 0. The molecule has 0 atom stereocenters. The van der Waals surface area contributed by atoms with Crippen LogP contribution in [0.4, 0.5) is 0 Å². The van der Waals surface area contributed by atoms with E-state index in [0.717, 1.165) is 0 Å². The molecular formula is C57H46N2. The summed E-state index contributed by atoms with van der Waals surface area (Å²) in [5.41, 5.74) is 17.9. The number of aromatic nitrogens is 2. The number of para-hydroxylation sites is 3. The zero-order valence-corrected chi connectivity index (χ0v) is 34.6. The third-order valence-corrected chi connectivity index (χ3v) is 15.4. The van der Waals surface area contributed by atoms with Crippen molar-refractivity contribution in [2.75, 3.05) is 0 Å². The number of fused-ring (bicyclic) bond motifs is 10. The first kappa shape index (κ1) is 34.4. The van der Waals surface area contributed by atoms with Crippen molar-refractivity contribution >= 4 is 59.9 Å². The molecule has 12 rings (SSSR count). The minimum absolute atomic E-state index is 0.0282. The van der Waals surface area contributed by atoms with Crippen molar-refractivity contribution in [3.63, 3.8) is 0 Å². The fourth-order valence-corrected chi connectivity index (χ4v) is 11.0. The Morgan fingerprint density at radius 1 is 0.339 bits per heavy atom. The Kier molecular flexibility index (Phi) is 6.84. The molecule has 8 aromatic carbocycles. The normalized spacial score (nSPS) is 15.7. The van der Waals surface area contributed by atoms with Crippen molar-refractivity contribution in [3.05, 3.63) is 181 Å². The standard InChI is InChI=1S/C57H46N2/c1-55(2)48-33-43(37-26-29-53-45(31-37)42-22-15-21-41-40-20-13-14-23-50(40)59(53)54(41)42)44(34-49(48)56(3,4)57(55,5)6)38-25-28-52-47(32-38)46-30-36(35-16-9-7-10-17-35)24-27-51(46)58(52)39-18-11-8-12-19-39/h7-34H,1-6H3. The van der Waals surface area contributed by atoms with Gasteiger partial charge in [-0.2, -0.15) is 0 Å². The van der Waals surface area contributed by atoms with Gasteiger partial charge in [0.25, 0.3) is 0 Å². The summed E-state index contributed by atoms with van der Waals surface area (Å²) in [5.74, 6) is 0. The Labute approximate surface area is 345 Å². The van der Waals surface area contributed by atoms with E-state index in [2.05, 4.69) is 220 Å². The lowest BCUT2D eigenvalue weighted by atomic mass is 9.59. The maximum Gasteiger partial charge on any atom is 0.0620 e. The first-order valence-corrected chi connectivity index (χ1v) is 21.1. The van der Waals surface area contributed by atoms with Crippen LogP contribution in [0.1, 0.15) is 52.7 Å². The van der Waals surface area contributed by atoms with E-state index in [9.17, 15) is 0 Å². The smallest absolute Gasteiger partial charge is 0.0620 e. The topological polar surface area (TPSA) is 9.34 Å². The molecule has 3 aromatic heterocycles. The number of benzene rings is 8. The van der Waals surface area contributed by atoms with E-state index in [0.29, 0.717) is 0 Å². The van der Waals surface area contributed by atoms with E-state index in [1.54, 1.807) is 0 Å². The van der Waals surface area contributed by atoms with Crippen LogP contribution in [0.3, 0.4) is 0 Å². The summed E-state index contributed by atoms with van der Waals surface area (Å²) in [5, 5.41) is 7.76. The van der Waals surface area contributed by atoms with Crippen LogP contribution in [0.15, 0.2) is 170 Å². The van der Waals surface area contributed by atoms with Gasteiger partial charge in [-0.3, -0.25) is 0 Å². The number of nitrogens with zero attached hydrogens (tertiary/aromatic N) is 2. The summed E-state index contributed by atoms with van der Waals surface area (Å²) < 4.78 is 4.91. The predicted octanol–water partition coefficient (Wildman–Crippen LogP) is 15.5. The molecule has 0 N–H and O–H groups in total. The largest absolute Gasteiger partial charge is 0.309 e. The summed E-state index contributed by atoms with van der Waals surface area (Å²) in [7, 11) is 0. The summed E-state index contributed by atoms with van der Waals surface area (Å²) >= 11 is 0. The van der Waals surface area contributed by atoms with Gasteiger partial charge in [0.2, 0.25) is 0 Å². The average Bonchev–Trinajstić information content (AvgIpc) is 3.93. The second-order valence-corrected chi connectivity index (χ2v) is 18.6. The monoisotopic (exact) mass is 758 g/mol. The van der Waals surface area contributed by atoms with E-state index in [1.807, 2.05) is 0 Å². The zero-order chi connectivity index (χ0) is 40.0. The molecule has 0 bridgehead atoms. The third kappa shape index (κ3) is 4.47. The molecule has 3 heterocycles. The van der Waals surface area contributed by atoms with E-state index >= 15 is 0 Å². The molecule has 0 amide bonds. The molecule has 284 valence electrons. The van der Waals surface area contributed by atoms with Crippen LogP contribution in [-0.4, -0.2) is 8.97 Å². The highest BCUT2D eigenvalue weighted by molar-refractivity contribution is 6.23. The molecule has 59 heavy (non-hydrogen) atoms. The fraction of sp³-hybridized carbons (Fsp3) is 0.158. The van der Waals surface area contributed by atoms with E-state index in [1.165, 1.54) is 110 Å². The molecule has 0 unspecified atom stereocenters. The molecular weight excluding hydrogens is 713 g/mol. The van der Waals surface area contributed by atoms with Crippen LogP contribution in [0.25, 0.3) is 99.0 Å². The van der Waals surface area contributed by atoms with Gasteiger partial charge in [-0.1, -0.05) is 145 Å². The van der Waals surface area contributed by atoms with Crippen LogP contribution in [-0.2, 0) is 10.8 Å². The molecule has 0 saturated heterocycles. The Bertz CT molecular complexity index is 3500. The minimum Gasteiger partial charge on any atom is -0.309 e. The molecule has 2 heteroatoms. The first-order chi connectivity index (χ1) is 28.5. The van der Waals surface area contributed by atoms with E-state index in [-0.39, 0.29) is 16.2 Å². The van der Waals surface area contributed by atoms with E-state index in [4.69, 9.17) is 0 Å². The molecule has 0 fully saturated rings.